The fourth-order valence-electron chi connectivity index (χ4n) is 2.75. The van der Waals surface area contributed by atoms with Gasteiger partial charge in [-0.25, -0.2) is 0 Å². The Bertz CT molecular complexity index is 1000. The summed E-state index contributed by atoms with van der Waals surface area (Å²) in [6, 6.07) is 12.2. The Hall–Kier alpha value is -2.71. The lowest BCUT2D eigenvalue weighted by atomic mass is 10.1. The molecule has 3 rings (SSSR count). The van der Waals surface area contributed by atoms with Crippen LogP contribution in [0, 0.1) is 0 Å². The lowest BCUT2D eigenvalue weighted by Crippen LogP contribution is -2.54. The average molecular weight is 475 g/mol. The Labute approximate surface area is 182 Å². The number of benzene rings is 2. The summed E-state index contributed by atoms with van der Waals surface area (Å²) in [6.45, 7) is 3.87. The fraction of sp³-hybridized carbons (Fsp3) is 0.190. The smallest absolute Gasteiger partial charge is 0.270 e. The minimum absolute atomic E-state index is 0.0150. The quantitative estimate of drug-likeness (QED) is 0.401. The van der Waals surface area contributed by atoms with Gasteiger partial charge in [0.15, 0.2) is 5.11 Å². The van der Waals surface area contributed by atoms with Crippen LogP contribution in [0.1, 0.15) is 19.4 Å². The Morgan fingerprint density at radius 3 is 2.41 bits per heavy atom. The van der Waals surface area contributed by atoms with Crippen LogP contribution in [-0.2, 0) is 9.59 Å². The Morgan fingerprint density at radius 1 is 1.14 bits per heavy atom. The molecule has 1 aliphatic heterocycles. The molecule has 0 aliphatic carbocycles. The van der Waals surface area contributed by atoms with Crippen molar-refractivity contribution in [1.82, 2.24) is 5.32 Å². The third-order valence-corrected chi connectivity index (χ3v) is 4.97. The number of anilines is 1. The highest BCUT2D eigenvalue weighted by molar-refractivity contribution is 9.10. The molecule has 0 aromatic heterocycles. The molecule has 0 spiro atoms. The second-order valence-corrected chi connectivity index (χ2v) is 7.75. The van der Waals surface area contributed by atoms with Gasteiger partial charge in [-0.1, -0.05) is 6.07 Å². The predicted molar refractivity (Wildman–Crippen MR) is 119 cm³/mol. The lowest BCUT2D eigenvalue weighted by molar-refractivity contribution is -0.122. The molecule has 0 atom stereocenters. The largest absolute Gasteiger partial charge is 0.497 e. The molecule has 0 radical (unpaired) electrons. The van der Waals surface area contributed by atoms with E-state index in [0.29, 0.717) is 22.7 Å². The molecule has 1 aliphatic rings. The Balaban J connectivity index is 1.93. The normalized spacial score (nSPS) is 15.7. The van der Waals surface area contributed by atoms with Crippen LogP contribution in [0.15, 0.2) is 52.5 Å². The zero-order valence-electron chi connectivity index (χ0n) is 16.1. The van der Waals surface area contributed by atoms with E-state index in [1.165, 1.54) is 11.0 Å². The number of methoxy groups -OCH3 is 1. The highest BCUT2D eigenvalue weighted by Crippen LogP contribution is 2.29. The van der Waals surface area contributed by atoms with Crippen LogP contribution in [0.2, 0.25) is 0 Å². The van der Waals surface area contributed by atoms with Crippen molar-refractivity contribution < 1.29 is 19.1 Å². The second-order valence-electron chi connectivity index (χ2n) is 6.51. The minimum Gasteiger partial charge on any atom is -0.497 e. The van der Waals surface area contributed by atoms with Gasteiger partial charge >= 0.3 is 0 Å². The van der Waals surface area contributed by atoms with E-state index in [2.05, 4.69) is 21.2 Å². The van der Waals surface area contributed by atoms with Crippen LogP contribution in [0.4, 0.5) is 5.69 Å². The summed E-state index contributed by atoms with van der Waals surface area (Å²) in [5, 5.41) is 2.60. The van der Waals surface area contributed by atoms with Crippen molar-refractivity contribution >= 4 is 56.8 Å². The first-order valence-corrected chi connectivity index (χ1v) is 10.0. The van der Waals surface area contributed by atoms with Gasteiger partial charge < -0.3 is 9.47 Å². The summed E-state index contributed by atoms with van der Waals surface area (Å²) in [5.41, 5.74) is 1.20. The number of ether oxygens (including phenoxy) is 2. The zero-order valence-corrected chi connectivity index (χ0v) is 18.5. The summed E-state index contributed by atoms with van der Waals surface area (Å²) in [6.07, 6.45) is 1.56. The molecule has 1 saturated heterocycles. The maximum atomic E-state index is 13.0. The summed E-state index contributed by atoms with van der Waals surface area (Å²) in [7, 11) is 1.56. The van der Waals surface area contributed by atoms with E-state index >= 15 is 0 Å². The molecule has 2 aromatic rings. The van der Waals surface area contributed by atoms with Crippen LogP contribution in [0.5, 0.6) is 11.5 Å². The molecule has 2 amide bonds. The summed E-state index contributed by atoms with van der Waals surface area (Å²) < 4.78 is 11.6. The predicted octanol–water partition coefficient (Wildman–Crippen LogP) is 4.08. The van der Waals surface area contributed by atoms with E-state index in [-0.39, 0.29) is 16.8 Å². The van der Waals surface area contributed by atoms with Gasteiger partial charge in [-0.3, -0.25) is 19.8 Å². The van der Waals surface area contributed by atoms with Gasteiger partial charge in [0.25, 0.3) is 11.8 Å². The van der Waals surface area contributed by atoms with Crippen LogP contribution >= 0.6 is 28.1 Å². The van der Waals surface area contributed by atoms with E-state index in [1.54, 1.807) is 49.6 Å². The van der Waals surface area contributed by atoms with Crippen LogP contribution in [-0.4, -0.2) is 30.1 Å². The molecule has 1 fully saturated rings. The van der Waals surface area contributed by atoms with Gasteiger partial charge in [-0.15, -0.1) is 0 Å². The van der Waals surface area contributed by atoms with Crippen molar-refractivity contribution in [2.45, 2.75) is 20.0 Å². The van der Waals surface area contributed by atoms with E-state index in [0.717, 1.165) is 4.47 Å². The first kappa shape index (κ1) is 21.0. The van der Waals surface area contributed by atoms with Crippen molar-refractivity contribution in [2.75, 3.05) is 12.0 Å². The first-order chi connectivity index (χ1) is 13.8. The number of amides is 2. The van der Waals surface area contributed by atoms with E-state index in [1.807, 2.05) is 13.8 Å². The average Bonchev–Trinajstić information content (AvgIpc) is 2.67. The topological polar surface area (TPSA) is 67.9 Å². The van der Waals surface area contributed by atoms with Crippen molar-refractivity contribution in [3.05, 3.63) is 58.1 Å². The zero-order chi connectivity index (χ0) is 21.1. The number of carbonyl (C=O) groups is 2. The van der Waals surface area contributed by atoms with Crippen molar-refractivity contribution in [3.8, 4) is 11.5 Å². The maximum Gasteiger partial charge on any atom is 0.270 e. The summed E-state index contributed by atoms with van der Waals surface area (Å²) in [5.74, 6) is 0.297. The number of hydrogen-bond acceptors (Lipinski definition) is 5. The molecule has 8 heteroatoms. The number of halogens is 1. The molecular formula is C21H19BrN2O4S. The molecule has 29 heavy (non-hydrogen) atoms. The summed E-state index contributed by atoms with van der Waals surface area (Å²) >= 11 is 8.67. The SMILES string of the molecule is COc1ccc(N2C(=O)/C(=C\c3ccc(OC(C)C)c(Br)c3)C(=O)NC2=S)cc1. The summed E-state index contributed by atoms with van der Waals surface area (Å²) in [4.78, 5) is 26.8. The maximum absolute atomic E-state index is 13.0. The van der Waals surface area contributed by atoms with Gasteiger partial charge in [0.1, 0.15) is 17.1 Å². The lowest BCUT2D eigenvalue weighted by Gasteiger charge is -2.29. The number of thiocarbonyl (C=S) groups is 1. The molecule has 6 nitrogen and oxygen atoms in total. The van der Waals surface area contributed by atoms with Gasteiger partial charge in [-0.2, -0.15) is 0 Å². The third-order valence-electron chi connectivity index (χ3n) is 4.06. The molecular weight excluding hydrogens is 456 g/mol. The molecule has 0 saturated carbocycles. The number of carbonyl (C=O) groups excluding carboxylic acids is 2. The van der Waals surface area contributed by atoms with Crippen molar-refractivity contribution in [1.29, 1.82) is 0 Å². The van der Waals surface area contributed by atoms with Crippen molar-refractivity contribution in [3.63, 3.8) is 0 Å². The number of rotatable bonds is 5. The van der Waals surface area contributed by atoms with E-state index in [4.69, 9.17) is 21.7 Å². The molecule has 150 valence electrons. The third kappa shape index (κ3) is 4.65. The Morgan fingerprint density at radius 2 is 1.83 bits per heavy atom. The Kier molecular flexibility index (Phi) is 6.34. The van der Waals surface area contributed by atoms with Gasteiger partial charge in [0, 0.05) is 0 Å². The molecule has 1 N–H and O–H groups in total. The second kappa shape index (κ2) is 8.75. The van der Waals surface area contributed by atoms with Crippen molar-refractivity contribution in [2.24, 2.45) is 0 Å². The number of nitrogens with one attached hydrogen (secondary N) is 1. The number of nitrogens with zero attached hydrogens (tertiary/aromatic N) is 1. The molecule has 1 heterocycles. The number of hydrogen-bond donors (Lipinski definition) is 1. The molecule has 0 bridgehead atoms. The highest BCUT2D eigenvalue weighted by atomic mass is 79.9. The van der Waals surface area contributed by atoms with E-state index < -0.39 is 11.8 Å². The van der Waals surface area contributed by atoms with Gasteiger partial charge in [0.2, 0.25) is 0 Å². The van der Waals surface area contributed by atoms with E-state index in [9.17, 15) is 9.59 Å². The standard InChI is InChI=1S/C21H19BrN2O4S/c1-12(2)28-18-9-4-13(11-17(18)22)10-16-19(25)23-21(29)24(20(16)26)14-5-7-15(27-3)8-6-14/h4-12H,1-3H3,(H,23,25,29)/b16-10-. The van der Waals surface area contributed by atoms with Crippen LogP contribution in [0.3, 0.4) is 0 Å². The highest BCUT2D eigenvalue weighted by Gasteiger charge is 2.34. The van der Waals surface area contributed by atoms with Gasteiger partial charge in [0.05, 0.1) is 23.4 Å². The van der Waals surface area contributed by atoms with Gasteiger partial charge in [-0.05, 0) is 90.0 Å². The molecule has 2 aromatic carbocycles. The monoisotopic (exact) mass is 474 g/mol. The minimum atomic E-state index is -0.539. The first-order valence-electron chi connectivity index (χ1n) is 8.82. The van der Waals surface area contributed by atoms with Crippen LogP contribution < -0.4 is 19.7 Å². The van der Waals surface area contributed by atoms with Crippen LogP contribution in [0.25, 0.3) is 6.08 Å². The molecule has 0 unspecified atom stereocenters. The fourth-order valence-corrected chi connectivity index (χ4v) is 3.52.